The van der Waals surface area contributed by atoms with Crippen LogP contribution in [0, 0.1) is 5.41 Å². The molecule has 0 radical (unpaired) electrons. The van der Waals surface area contributed by atoms with Crippen LogP contribution in [0.3, 0.4) is 0 Å². The van der Waals surface area contributed by atoms with Crippen molar-refractivity contribution in [2.24, 2.45) is 5.41 Å². The molecule has 0 unspecified atom stereocenters. The standard InChI is InChI=1S/C17H27N3O/c1-17(2)8-5-10-20(11-9-17)15-7-6-13(12-14(15)18)16(21)19(3)4/h6-7,12H,5,8-11,18H2,1-4H3. The molecule has 1 fully saturated rings. The van der Waals surface area contributed by atoms with Gasteiger partial charge >= 0.3 is 0 Å². The number of hydrogen-bond acceptors (Lipinski definition) is 3. The maximum absolute atomic E-state index is 12.0. The zero-order valence-corrected chi connectivity index (χ0v) is 13.6. The average molecular weight is 289 g/mol. The Morgan fingerprint density at radius 1 is 1.24 bits per heavy atom. The van der Waals surface area contributed by atoms with Crippen molar-refractivity contribution in [1.82, 2.24) is 4.90 Å². The summed E-state index contributed by atoms with van der Waals surface area (Å²) < 4.78 is 0. The van der Waals surface area contributed by atoms with E-state index in [9.17, 15) is 4.79 Å². The van der Waals surface area contributed by atoms with Gasteiger partial charge in [-0.1, -0.05) is 13.8 Å². The van der Waals surface area contributed by atoms with Gasteiger partial charge in [0.15, 0.2) is 0 Å². The molecule has 0 bridgehead atoms. The van der Waals surface area contributed by atoms with Gasteiger partial charge in [0.1, 0.15) is 0 Å². The lowest BCUT2D eigenvalue weighted by Gasteiger charge is -2.26. The number of carbonyl (C=O) groups excluding carboxylic acids is 1. The van der Waals surface area contributed by atoms with E-state index in [0.29, 0.717) is 16.7 Å². The van der Waals surface area contributed by atoms with E-state index >= 15 is 0 Å². The first-order chi connectivity index (χ1) is 9.80. The number of nitrogens with two attached hydrogens (primary N) is 1. The molecule has 1 amide bonds. The summed E-state index contributed by atoms with van der Waals surface area (Å²) in [5.41, 5.74) is 9.01. The Hall–Kier alpha value is -1.71. The highest BCUT2D eigenvalue weighted by molar-refractivity contribution is 5.95. The van der Waals surface area contributed by atoms with Gasteiger partial charge in [0.2, 0.25) is 0 Å². The van der Waals surface area contributed by atoms with Crippen LogP contribution in [-0.4, -0.2) is 38.0 Å². The molecule has 0 saturated carbocycles. The van der Waals surface area contributed by atoms with Crippen molar-refractivity contribution in [2.45, 2.75) is 33.1 Å². The Morgan fingerprint density at radius 3 is 2.57 bits per heavy atom. The van der Waals surface area contributed by atoms with Gasteiger partial charge in [0.05, 0.1) is 11.4 Å². The molecule has 1 aliphatic heterocycles. The predicted octanol–water partition coefficient (Wildman–Crippen LogP) is 2.99. The molecule has 0 spiro atoms. The molecule has 1 aliphatic rings. The van der Waals surface area contributed by atoms with E-state index in [1.54, 1.807) is 25.1 Å². The highest BCUT2D eigenvalue weighted by atomic mass is 16.2. The molecule has 1 aromatic carbocycles. The first kappa shape index (κ1) is 15.7. The second-order valence-corrected chi connectivity index (χ2v) is 6.98. The number of nitrogen functional groups attached to an aromatic ring is 1. The number of nitrogens with zero attached hydrogens (tertiary/aromatic N) is 2. The molecule has 0 aromatic heterocycles. The fraction of sp³-hybridized carbons (Fsp3) is 0.588. The van der Waals surface area contributed by atoms with E-state index in [2.05, 4.69) is 18.7 Å². The summed E-state index contributed by atoms with van der Waals surface area (Å²) in [6, 6.07) is 5.67. The fourth-order valence-electron chi connectivity index (χ4n) is 2.90. The number of amides is 1. The van der Waals surface area contributed by atoms with Gasteiger partial charge in [-0.05, 0) is 42.9 Å². The molecular formula is C17H27N3O. The molecule has 2 rings (SSSR count). The number of benzene rings is 1. The molecule has 1 aromatic rings. The SMILES string of the molecule is CN(C)C(=O)c1ccc(N2CCCC(C)(C)CC2)c(N)c1. The zero-order chi connectivity index (χ0) is 15.6. The third-order valence-corrected chi connectivity index (χ3v) is 4.36. The van der Waals surface area contributed by atoms with Gasteiger partial charge in [-0.25, -0.2) is 0 Å². The normalized spacial score (nSPS) is 18.2. The zero-order valence-electron chi connectivity index (χ0n) is 13.6. The Balaban J connectivity index is 2.19. The second kappa shape index (κ2) is 5.96. The molecule has 2 N–H and O–H groups in total. The summed E-state index contributed by atoms with van der Waals surface area (Å²) in [6.45, 7) is 6.73. The first-order valence-corrected chi connectivity index (χ1v) is 7.66. The molecular weight excluding hydrogens is 262 g/mol. The molecule has 21 heavy (non-hydrogen) atoms. The van der Waals surface area contributed by atoms with Crippen molar-refractivity contribution in [2.75, 3.05) is 37.8 Å². The molecule has 0 aliphatic carbocycles. The molecule has 0 atom stereocenters. The summed E-state index contributed by atoms with van der Waals surface area (Å²) in [6.07, 6.45) is 3.61. The second-order valence-electron chi connectivity index (χ2n) is 6.98. The van der Waals surface area contributed by atoms with Crippen molar-refractivity contribution in [3.8, 4) is 0 Å². The van der Waals surface area contributed by atoms with Crippen LogP contribution < -0.4 is 10.6 Å². The van der Waals surface area contributed by atoms with E-state index in [1.165, 1.54) is 19.3 Å². The molecule has 1 saturated heterocycles. The van der Waals surface area contributed by atoms with Gasteiger partial charge in [-0.3, -0.25) is 4.79 Å². The Kier molecular flexibility index (Phi) is 4.45. The summed E-state index contributed by atoms with van der Waals surface area (Å²) >= 11 is 0. The molecule has 1 heterocycles. The highest BCUT2D eigenvalue weighted by Gasteiger charge is 2.24. The van der Waals surface area contributed by atoms with Crippen LogP contribution in [0.2, 0.25) is 0 Å². The minimum atomic E-state index is -0.00903. The summed E-state index contributed by atoms with van der Waals surface area (Å²) in [5.74, 6) is -0.00903. The predicted molar refractivity (Wildman–Crippen MR) is 88.7 cm³/mol. The highest BCUT2D eigenvalue weighted by Crippen LogP contribution is 2.33. The number of rotatable bonds is 2. The van der Waals surface area contributed by atoms with Crippen LogP contribution >= 0.6 is 0 Å². The number of hydrogen-bond donors (Lipinski definition) is 1. The minimum Gasteiger partial charge on any atom is -0.397 e. The van der Waals surface area contributed by atoms with Gasteiger partial charge in [-0.15, -0.1) is 0 Å². The smallest absolute Gasteiger partial charge is 0.253 e. The molecule has 4 nitrogen and oxygen atoms in total. The van der Waals surface area contributed by atoms with Crippen LogP contribution in [-0.2, 0) is 0 Å². The topological polar surface area (TPSA) is 49.6 Å². The minimum absolute atomic E-state index is 0.00903. The Bertz CT molecular complexity index is 523. The third-order valence-electron chi connectivity index (χ3n) is 4.36. The number of carbonyl (C=O) groups is 1. The van der Waals surface area contributed by atoms with Crippen molar-refractivity contribution < 1.29 is 4.79 Å². The lowest BCUT2D eigenvalue weighted by atomic mass is 9.85. The molecule has 116 valence electrons. The van der Waals surface area contributed by atoms with Gasteiger partial charge in [0, 0.05) is 32.7 Å². The maximum Gasteiger partial charge on any atom is 0.253 e. The van der Waals surface area contributed by atoms with Crippen LogP contribution in [0.25, 0.3) is 0 Å². The maximum atomic E-state index is 12.0. The lowest BCUT2D eigenvalue weighted by Crippen LogP contribution is -2.26. The van der Waals surface area contributed by atoms with Crippen LogP contribution in [0.15, 0.2) is 18.2 Å². The van der Waals surface area contributed by atoms with Crippen LogP contribution in [0.5, 0.6) is 0 Å². The van der Waals surface area contributed by atoms with Crippen molar-refractivity contribution in [1.29, 1.82) is 0 Å². The molecule has 4 heteroatoms. The van der Waals surface area contributed by atoms with E-state index in [0.717, 1.165) is 18.8 Å². The monoisotopic (exact) mass is 289 g/mol. The summed E-state index contributed by atoms with van der Waals surface area (Å²) in [5, 5.41) is 0. The Labute approximate surface area is 127 Å². The van der Waals surface area contributed by atoms with Crippen molar-refractivity contribution >= 4 is 17.3 Å². The quantitative estimate of drug-likeness (QED) is 0.852. The van der Waals surface area contributed by atoms with Gasteiger partial charge in [0.25, 0.3) is 5.91 Å². The Morgan fingerprint density at radius 2 is 1.95 bits per heavy atom. The van der Waals surface area contributed by atoms with Crippen LogP contribution in [0.4, 0.5) is 11.4 Å². The van der Waals surface area contributed by atoms with Crippen LogP contribution in [0.1, 0.15) is 43.5 Å². The third kappa shape index (κ3) is 3.69. The lowest BCUT2D eigenvalue weighted by molar-refractivity contribution is 0.0827. The summed E-state index contributed by atoms with van der Waals surface area (Å²) in [7, 11) is 3.51. The first-order valence-electron chi connectivity index (χ1n) is 7.66. The van der Waals surface area contributed by atoms with Crippen molar-refractivity contribution in [3.05, 3.63) is 23.8 Å². The van der Waals surface area contributed by atoms with Crippen molar-refractivity contribution in [3.63, 3.8) is 0 Å². The van der Waals surface area contributed by atoms with E-state index in [4.69, 9.17) is 5.73 Å². The number of anilines is 2. The van der Waals surface area contributed by atoms with E-state index in [-0.39, 0.29) is 5.91 Å². The van der Waals surface area contributed by atoms with E-state index in [1.807, 2.05) is 12.1 Å². The largest absolute Gasteiger partial charge is 0.397 e. The average Bonchev–Trinajstić information content (AvgIpc) is 2.58. The van der Waals surface area contributed by atoms with Gasteiger partial charge in [-0.2, -0.15) is 0 Å². The van der Waals surface area contributed by atoms with E-state index < -0.39 is 0 Å². The summed E-state index contributed by atoms with van der Waals surface area (Å²) in [4.78, 5) is 15.9. The van der Waals surface area contributed by atoms with Gasteiger partial charge < -0.3 is 15.5 Å². The fourth-order valence-corrected chi connectivity index (χ4v) is 2.90.